The maximum absolute atomic E-state index is 12.4. The van der Waals surface area contributed by atoms with Crippen LogP contribution in [0.1, 0.15) is 42.8 Å². The lowest BCUT2D eigenvalue weighted by atomic mass is 10.1. The number of carbonyl (C=O) groups excluding carboxylic acids is 2. The molecule has 3 rings (SSSR count). The van der Waals surface area contributed by atoms with Crippen molar-refractivity contribution in [2.45, 2.75) is 33.3 Å². The first-order chi connectivity index (χ1) is 14.6. The lowest BCUT2D eigenvalue weighted by molar-refractivity contribution is 0.0694. The van der Waals surface area contributed by atoms with Crippen molar-refractivity contribution in [2.24, 2.45) is 10.9 Å². The number of nitrogens with one attached hydrogen (secondary N) is 1. The van der Waals surface area contributed by atoms with Gasteiger partial charge >= 0.3 is 0 Å². The second kappa shape index (κ2) is 8.89. The van der Waals surface area contributed by atoms with Gasteiger partial charge in [0, 0.05) is 43.7 Å². The molecule has 2 aromatic heterocycles. The molecule has 0 aliphatic carbocycles. The largest absolute Gasteiger partial charge is 0.488 e. The molecule has 1 aliphatic heterocycles. The lowest BCUT2D eigenvalue weighted by Crippen LogP contribution is -2.38. The second-order valence-corrected chi connectivity index (χ2v) is 8.37. The van der Waals surface area contributed by atoms with Crippen molar-refractivity contribution < 1.29 is 19.4 Å². The smallest absolute Gasteiger partial charge is 0.253 e. The van der Waals surface area contributed by atoms with E-state index in [9.17, 15) is 14.7 Å². The van der Waals surface area contributed by atoms with Gasteiger partial charge < -0.3 is 20.1 Å². The number of fused-ring (bicyclic) bond motifs is 1. The number of ether oxygens (including phenoxy) is 1. The molecule has 166 valence electrons. The molecule has 0 saturated carbocycles. The third-order valence-electron chi connectivity index (χ3n) is 4.80. The number of anilines is 2. The minimum absolute atomic E-state index is 0.0330. The Morgan fingerprint density at radius 3 is 2.74 bits per heavy atom. The zero-order chi connectivity index (χ0) is 22.8. The maximum Gasteiger partial charge on any atom is 0.253 e. The Morgan fingerprint density at radius 2 is 2.10 bits per heavy atom. The van der Waals surface area contributed by atoms with Crippen molar-refractivity contribution in [3.63, 3.8) is 0 Å². The zero-order valence-corrected chi connectivity index (χ0v) is 18.5. The molecule has 0 atom stereocenters. The van der Waals surface area contributed by atoms with Crippen LogP contribution in [0.25, 0.3) is 0 Å². The van der Waals surface area contributed by atoms with E-state index in [4.69, 9.17) is 4.74 Å². The van der Waals surface area contributed by atoms with E-state index in [0.29, 0.717) is 35.8 Å². The van der Waals surface area contributed by atoms with Gasteiger partial charge in [-0.2, -0.15) is 0 Å². The van der Waals surface area contributed by atoms with Crippen molar-refractivity contribution in [3.8, 4) is 5.75 Å². The number of aromatic nitrogens is 2. The minimum Gasteiger partial charge on any atom is -0.488 e. The Morgan fingerprint density at radius 1 is 1.35 bits per heavy atom. The lowest BCUT2D eigenvalue weighted by Gasteiger charge is -2.30. The molecule has 0 fully saturated rings. The summed E-state index contributed by atoms with van der Waals surface area (Å²) in [6, 6.07) is 5.32. The fraction of sp³-hybridized carbons (Fsp3) is 0.455. The molecule has 0 spiro atoms. The fourth-order valence-electron chi connectivity index (χ4n) is 3.16. The molecule has 9 heteroatoms. The van der Waals surface area contributed by atoms with Crippen molar-refractivity contribution in [1.82, 2.24) is 14.9 Å². The molecular weight excluding hydrogens is 398 g/mol. The van der Waals surface area contributed by atoms with Crippen molar-refractivity contribution in [1.29, 1.82) is 0 Å². The highest BCUT2D eigenvalue weighted by Crippen LogP contribution is 2.34. The number of hydrogen-bond donors (Lipinski definition) is 2. The van der Waals surface area contributed by atoms with Crippen molar-refractivity contribution in [2.75, 3.05) is 31.6 Å². The number of hydrogen-bond acceptors (Lipinski definition) is 7. The summed E-state index contributed by atoms with van der Waals surface area (Å²) in [6.07, 6.45) is 3.20. The van der Waals surface area contributed by atoms with Crippen LogP contribution in [-0.4, -0.2) is 58.8 Å². The Balaban J connectivity index is 1.90. The highest BCUT2D eigenvalue weighted by atomic mass is 16.5. The van der Waals surface area contributed by atoms with Gasteiger partial charge in [-0.15, -0.1) is 0 Å². The molecule has 3 heterocycles. The SMILES string of the molecule is C/N=c1/cc(N2CCOc3cc(C(=O)NCC(C)(C)O)cnc32)ccn1C(=O)C(C)C. The van der Waals surface area contributed by atoms with Crippen molar-refractivity contribution >= 4 is 23.3 Å². The van der Waals surface area contributed by atoms with E-state index in [1.807, 2.05) is 30.9 Å². The number of amides is 1. The molecule has 2 N–H and O–H groups in total. The van der Waals surface area contributed by atoms with Gasteiger partial charge in [-0.3, -0.25) is 19.1 Å². The summed E-state index contributed by atoms with van der Waals surface area (Å²) in [7, 11) is 1.65. The van der Waals surface area contributed by atoms with E-state index in [-0.39, 0.29) is 24.3 Å². The predicted octanol–water partition coefficient (Wildman–Crippen LogP) is 1.74. The number of pyridine rings is 2. The Bertz CT molecular complexity index is 1050. The number of aliphatic hydroxyl groups is 1. The number of rotatable bonds is 5. The monoisotopic (exact) mass is 427 g/mol. The maximum atomic E-state index is 12.4. The molecule has 31 heavy (non-hydrogen) atoms. The van der Waals surface area contributed by atoms with E-state index in [1.54, 1.807) is 37.7 Å². The Kier molecular flexibility index (Phi) is 6.45. The summed E-state index contributed by atoms with van der Waals surface area (Å²) < 4.78 is 7.29. The number of carbonyl (C=O) groups is 2. The van der Waals surface area contributed by atoms with Crippen LogP contribution in [0, 0.1) is 5.92 Å². The van der Waals surface area contributed by atoms with Crippen LogP contribution in [0.15, 0.2) is 35.6 Å². The Labute approximate surface area is 181 Å². The molecule has 2 aromatic rings. The van der Waals surface area contributed by atoms with E-state index in [1.165, 1.54) is 6.20 Å². The first kappa shape index (κ1) is 22.5. The normalized spacial score (nSPS) is 14.3. The third-order valence-corrected chi connectivity index (χ3v) is 4.80. The minimum atomic E-state index is -1.01. The van der Waals surface area contributed by atoms with E-state index in [2.05, 4.69) is 15.3 Å². The molecule has 0 saturated heterocycles. The van der Waals surface area contributed by atoms with Gasteiger partial charge in [0.25, 0.3) is 5.91 Å². The molecule has 1 aliphatic rings. The summed E-state index contributed by atoms with van der Waals surface area (Å²) in [5, 5.41) is 12.5. The molecule has 0 bridgehead atoms. The summed E-state index contributed by atoms with van der Waals surface area (Å²) in [5.74, 6) is 0.558. The van der Waals surface area contributed by atoms with Crippen LogP contribution in [0.3, 0.4) is 0 Å². The third kappa shape index (κ3) is 5.11. The second-order valence-electron chi connectivity index (χ2n) is 8.37. The van der Waals surface area contributed by atoms with Gasteiger partial charge in [0.1, 0.15) is 12.1 Å². The molecule has 9 nitrogen and oxygen atoms in total. The van der Waals surface area contributed by atoms with Crippen LogP contribution in [0.5, 0.6) is 5.75 Å². The highest BCUT2D eigenvalue weighted by Gasteiger charge is 2.24. The van der Waals surface area contributed by atoms with Crippen LogP contribution < -0.4 is 20.4 Å². The first-order valence-electron chi connectivity index (χ1n) is 10.2. The summed E-state index contributed by atoms with van der Waals surface area (Å²) >= 11 is 0. The van der Waals surface area contributed by atoms with Crippen LogP contribution in [0.4, 0.5) is 11.5 Å². The van der Waals surface area contributed by atoms with Gasteiger partial charge in [-0.05, 0) is 26.0 Å². The van der Waals surface area contributed by atoms with E-state index < -0.39 is 5.60 Å². The molecule has 0 radical (unpaired) electrons. The standard InChI is InChI=1S/C22H29N5O4/c1-14(2)21(29)27-7-6-16(11-18(27)23-5)26-8-9-31-17-10-15(12-24-19(17)26)20(28)25-13-22(3,4)30/h6-7,10-12,14,30H,8-9,13H2,1-5H3,(H,25,28)/b23-18-. The average molecular weight is 428 g/mol. The highest BCUT2D eigenvalue weighted by molar-refractivity contribution is 5.95. The number of nitrogens with zero attached hydrogens (tertiary/aromatic N) is 4. The van der Waals surface area contributed by atoms with Gasteiger partial charge in [0.2, 0.25) is 5.91 Å². The Hall–Kier alpha value is -3.20. The fourth-order valence-corrected chi connectivity index (χ4v) is 3.16. The summed E-state index contributed by atoms with van der Waals surface area (Å²) in [6.45, 7) is 8.04. The van der Waals surface area contributed by atoms with Gasteiger partial charge in [0.15, 0.2) is 11.6 Å². The molecule has 1 amide bonds. The molecule has 0 unspecified atom stereocenters. The van der Waals surface area contributed by atoms with Crippen LogP contribution in [0.2, 0.25) is 0 Å². The quantitative estimate of drug-likeness (QED) is 0.752. The van der Waals surface area contributed by atoms with Gasteiger partial charge in [0.05, 0.1) is 17.7 Å². The average Bonchev–Trinajstić information content (AvgIpc) is 2.75. The zero-order valence-electron chi connectivity index (χ0n) is 18.5. The van der Waals surface area contributed by atoms with Gasteiger partial charge in [-0.1, -0.05) is 13.8 Å². The summed E-state index contributed by atoms with van der Waals surface area (Å²) in [4.78, 5) is 35.5. The summed E-state index contributed by atoms with van der Waals surface area (Å²) in [5.41, 5.74) is 0.715. The topological polar surface area (TPSA) is 109 Å². The van der Waals surface area contributed by atoms with E-state index in [0.717, 1.165) is 5.69 Å². The predicted molar refractivity (Wildman–Crippen MR) is 117 cm³/mol. The van der Waals surface area contributed by atoms with Crippen LogP contribution >= 0.6 is 0 Å². The van der Waals surface area contributed by atoms with Crippen molar-refractivity contribution in [3.05, 3.63) is 41.6 Å². The molecular formula is C22H29N5O4. The molecule has 0 aromatic carbocycles. The van der Waals surface area contributed by atoms with E-state index >= 15 is 0 Å². The van der Waals surface area contributed by atoms with Gasteiger partial charge in [-0.25, -0.2) is 4.98 Å². The first-order valence-corrected chi connectivity index (χ1v) is 10.2. The van der Waals surface area contributed by atoms with Crippen LogP contribution in [-0.2, 0) is 0 Å².